The van der Waals surface area contributed by atoms with Crippen molar-refractivity contribution in [3.63, 3.8) is 0 Å². The summed E-state index contributed by atoms with van der Waals surface area (Å²) in [6, 6.07) is 19.4. The lowest BCUT2D eigenvalue weighted by molar-refractivity contribution is -0.137. The van der Waals surface area contributed by atoms with Crippen LogP contribution >= 0.6 is 11.6 Å². The number of aromatic nitrogens is 1. The van der Waals surface area contributed by atoms with Crippen molar-refractivity contribution in [1.29, 1.82) is 0 Å². The molecule has 4 aromatic rings. The Morgan fingerprint density at radius 1 is 0.938 bits per heavy atom. The van der Waals surface area contributed by atoms with Crippen LogP contribution in [0.15, 0.2) is 83.7 Å². The topological polar surface area (TPSA) is 51.1 Å². The Morgan fingerprint density at radius 3 is 2.38 bits per heavy atom. The smallest absolute Gasteiger partial charge is 0.348 e. The van der Waals surface area contributed by atoms with Gasteiger partial charge in [0.1, 0.15) is 5.56 Å². The SMILES string of the molecule is O=C(NCc1ccc(Cl)cc1)c1cc2ccccc2n(-c2cccc(C(F)(F)F)c2)c1=O. The first-order valence-electron chi connectivity index (χ1n) is 9.59. The summed E-state index contributed by atoms with van der Waals surface area (Å²) in [4.78, 5) is 26.1. The van der Waals surface area contributed by atoms with Crippen LogP contribution < -0.4 is 10.9 Å². The van der Waals surface area contributed by atoms with Crippen molar-refractivity contribution < 1.29 is 18.0 Å². The number of fused-ring (bicyclic) bond motifs is 1. The van der Waals surface area contributed by atoms with Crippen molar-refractivity contribution in [3.05, 3.63) is 111 Å². The van der Waals surface area contributed by atoms with Gasteiger partial charge in [-0.1, -0.05) is 48.0 Å². The number of benzene rings is 3. The van der Waals surface area contributed by atoms with E-state index in [1.807, 2.05) is 0 Å². The first-order valence-corrected chi connectivity index (χ1v) is 9.97. The summed E-state index contributed by atoms with van der Waals surface area (Å²) in [7, 11) is 0. The van der Waals surface area contributed by atoms with Crippen molar-refractivity contribution in [3.8, 4) is 5.69 Å². The number of nitrogens with zero attached hydrogens (tertiary/aromatic N) is 1. The zero-order valence-corrected chi connectivity index (χ0v) is 17.2. The Balaban J connectivity index is 1.79. The third-order valence-corrected chi connectivity index (χ3v) is 5.21. The van der Waals surface area contributed by atoms with Crippen LogP contribution in [0, 0.1) is 0 Å². The highest BCUT2D eigenvalue weighted by molar-refractivity contribution is 6.30. The maximum atomic E-state index is 13.2. The van der Waals surface area contributed by atoms with Crippen molar-refractivity contribution in [1.82, 2.24) is 9.88 Å². The molecule has 8 heteroatoms. The minimum absolute atomic E-state index is 0.0216. The number of hydrogen-bond acceptors (Lipinski definition) is 2. The number of carbonyl (C=O) groups excluding carboxylic acids is 1. The van der Waals surface area contributed by atoms with Crippen LogP contribution in [0.2, 0.25) is 5.02 Å². The average molecular weight is 457 g/mol. The molecule has 0 unspecified atom stereocenters. The number of carbonyl (C=O) groups is 1. The molecule has 1 amide bonds. The Kier molecular flexibility index (Phi) is 5.76. The summed E-state index contributed by atoms with van der Waals surface area (Å²) in [5, 5.41) is 3.78. The molecule has 0 radical (unpaired) electrons. The first kappa shape index (κ1) is 21.6. The van der Waals surface area contributed by atoms with E-state index in [1.165, 1.54) is 18.2 Å². The number of nitrogens with one attached hydrogen (secondary N) is 1. The Hall–Kier alpha value is -3.58. The fraction of sp³-hybridized carbons (Fsp3) is 0.0833. The van der Waals surface area contributed by atoms with Gasteiger partial charge >= 0.3 is 6.18 Å². The van der Waals surface area contributed by atoms with Gasteiger partial charge in [0.2, 0.25) is 0 Å². The molecule has 3 aromatic carbocycles. The molecule has 1 heterocycles. The Labute approximate surface area is 185 Å². The van der Waals surface area contributed by atoms with E-state index in [9.17, 15) is 22.8 Å². The monoisotopic (exact) mass is 456 g/mol. The molecule has 0 saturated carbocycles. The maximum absolute atomic E-state index is 13.2. The predicted molar refractivity (Wildman–Crippen MR) is 117 cm³/mol. The van der Waals surface area contributed by atoms with Crippen LogP contribution in [0.3, 0.4) is 0 Å². The minimum Gasteiger partial charge on any atom is -0.348 e. The summed E-state index contributed by atoms with van der Waals surface area (Å²) < 4.78 is 40.8. The summed E-state index contributed by atoms with van der Waals surface area (Å²) in [6.45, 7) is 0.159. The van der Waals surface area contributed by atoms with Gasteiger partial charge in [0.15, 0.2) is 0 Å². The van der Waals surface area contributed by atoms with Gasteiger partial charge in [-0.2, -0.15) is 13.2 Å². The molecule has 4 rings (SSSR count). The molecule has 0 spiro atoms. The number of hydrogen-bond donors (Lipinski definition) is 1. The van der Waals surface area contributed by atoms with Crippen LogP contribution in [-0.2, 0) is 12.7 Å². The highest BCUT2D eigenvalue weighted by Crippen LogP contribution is 2.30. The van der Waals surface area contributed by atoms with E-state index >= 15 is 0 Å². The zero-order chi connectivity index (χ0) is 22.9. The zero-order valence-electron chi connectivity index (χ0n) is 16.5. The maximum Gasteiger partial charge on any atom is 0.416 e. The largest absolute Gasteiger partial charge is 0.416 e. The third-order valence-electron chi connectivity index (χ3n) is 4.95. The van der Waals surface area contributed by atoms with Gasteiger partial charge in [-0.25, -0.2) is 0 Å². The number of alkyl halides is 3. The molecule has 0 fully saturated rings. The van der Waals surface area contributed by atoms with E-state index in [4.69, 9.17) is 11.6 Å². The number of para-hydroxylation sites is 1. The van der Waals surface area contributed by atoms with E-state index in [-0.39, 0.29) is 17.8 Å². The summed E-state index contributed by atoms with van der Waals surface area (Å²) in [6.07, 6.45) is -4.57. The molecular formula is C24H16ClF3N2O2. The second-order valence-corrected chi connectivity index (χ2v) is 7.55. The van der Waals surface area contributed by atoms with E-state index in [2.05, 4.69) is 5.32 Å². The third kappa shape index (κ3) is 4.38. The van der Waals surface area contributed by atoms with Crippen molar-refractivity contribution >= 4 is 28.4 Å². The molecule has 0 aliphatic heterocycles. The molecular weight excluding hydrogens is 441 g/mol. The fourth-order valence-corrected chi connectivity index (χ4v) is 3.51. The fourth-order valence-electron chi connectivity index (χ4n) is 3.38. The van der Waals surface area contributed by atoms with E-state index < -0.39 is 23.2 Å². The first-order chi connectivity index (χ1) is 15.2. The van der Waals surface area contributed by atoms with Crippen molar-refractivity contribution in [2.24, 2.45) is 0 Å². The quantitative estimate of drug-likeness (QED) is 0.435. The lowest BCUT2D eigenvalue weighted by Gasteiger charge is -2.15. The molecule has 0 atom stereocenters. The molecule has 0 aliphatic carbocycles. The molecule has 1 aromatic heterocycles. The molecule has 1 N–H and O–H groups in total. The number of amides is 1. The second kappa shape index (κ2) is 8.51. The van der Waals surface area contributed by atoms with E-state index in [0.717, 1.165) is 22.3 Å². The highest BCUT2D eigenvalue weighted by atomic mass is 35.5. The van der Waals surface area contributed by atoms with Gasteiger partial charge in [-0.05, 0) is 53.4 Å². The number of pyridine rings is 1. The van der Waals surface area contributed by atoms with Gasteiger partial charge < -0.3 is 5.32 Å². The highest BCUT2D eigenvalue weighted by Gasteiger charge is 2.30. The van der Waals surface area contributed by atoms with Crippen molar-refractivity contribution in [2.75, 3.05) is 0 Å². The van der Waals surface area contributed by atoms with Crippen LogP contribution in [0.5, 0.6) is 0 Å². The lowest BCUT2D eigenvalue weighted by atomic mass is 10.1. The van der Waals surface area contributed by atoms with Gasteiger partial charge in [0.05, 0.1) is 11.1 Å². The number of rotatable bonds is 4. The molecule has 0 bridgehead atoms. The molecule has 4 nitrogen and oxygen atoms in total. The molecule has 32 heavy (non-hydrogen) atoms. The molecule has 0 aliphatic rings. The standard InChI is InChI=1S/C24H16ClF3N2O2/c25-18-10-8-15(9-11-18)14-29-22(31)20-12-16-4-1-2-7-21(16)30(23(20)32)19-6-3-5-17(13-19)24(26,27)28/h1-13H,14H2,(H,29,31). The second-order valence-electron chi connectivity index (χ2n) is 7.11. The summed E-state index contributed by atoms with van der Waals surface area (Å²) in [5.41, 5.74) is -0.573. The summed E-state index contributed by atoms with van der Waals surface area (Å²) >= 11 is 5.86. The van der Waals surface area contributed by atoms with E-state index in [0.29, 0.717) is 15.9 Å². The number of halogens is 4. The van der Waals surface area contributed by atoms with Gasteiger partial charge in [-0.3, -0.25) is 14.2 Å². The average Bonchev–Trinajstić information content (AvgIpc) is 2.77. The molecule has 162 valence electrons. The van der Waals surface area contributed by atoms with Gasteiger partial charge in [0, 0.05) is 17.3 Å². The Morgan fingerprint density at radius 2 is 1.66 bits per heavy atom. The summed E-state index contributed by atoms with van der Waals surface area (Å²) in [5.74, 6) is -0.628. The van der Waals surface area contributed by atoms with Gasteiger partial charge in [0.25, 0.3) is 11.5 Å². The van der Waals surface area contributed by atoms with Crippen LogP contribution in [0.4, 0.5) is 13.2 Å². The van der Waals surface area contributed by atoms with Crippen LogP contribution in [0.1, 0.15) is 21.5 Å². The predicted octanol–water partition coefficient (Wildman–Crippen LogP) is 5.59. The van der Waals surface area contributed by atoms with Gasteiger partial charge in [-0.15, -0.1) is 0 Å². The van der Waals surface area contributed by atoms with E-state index in [1.54, 1.807) is 48.5 Å². The molecule has 0 saturated heterocycles. The minimum atomic E-state index is -4.57. The Bertz CT molecular complexity index is 1360. The normalized spacial score (nSPS) is 11.5. The van der Waals surface area contributed by atoms with Crippen molar-refractivity contribution in [2.45, 2.75) is 12.7 Å². The lowest BCUT2D eigenvalue weighted by Crippen LogP contribution is -2.32. The van der Waals surface area contributed by atoms with Crippen LogP contribution in [0.25, 0.3) is 16.6 Å². The van der Waals surface area contributed by atoms with Crippen LogP contribution in [-0.4, -0.2) is 10.5 Å².